The van der Waals surface area contributed by atoms with Gasteiger partial charge in [-0.2, -0.15) is 5.10 Å². The second kappa shape index (κ2) is 4.73. The number of aliphatic carboxylic acids is 1. The largest absolute Gasteiger partial charge is 0.481 e. The highest BCUT2D eigenvalue weighted by Crippen LogP contribution is 2.17. The molecule has 0 aliphatic rings. The summed E-state index contributed by atoms with van der Waals surface area (Å²) in [6, 6.07) is 0. The molecule has 0 unspecified atom stereocenters. The highest BCUT2D eigenvalue weighted by Gasteiger charge is 2.12. The van der Waals surface area contributed by atoms with Gasteiger partial charge in [-0.05, 0) is 23.8 Å². The first-order chi connectivity index (χ1) is 8.18. The van der Waals surface area contributed by atoms with Crippen molar-refractivity contribution in [1.82, 2.24) is 30.4 Å². The third kappa shape index (κ3) is 2.47. The molecule has 2 aromatic rings. The maximum absolute atomic E-state index is 10.4. The molecule has 2 rings (SSSR count). The number of nitrogens with one attached hydrogen (secondary N) is 1. The summed E-state index contributed by atoms with van der Waals surface area (Å²) in [5.74, 6) is -0.222. The summed E-state index contributed by atoms with van der Waals surface area (Å²) in [6.07, 6.45) is 2.24. The Hall–Kier alpha value is -2.25. The fourth-order valence-corrected chi connectivity index (χ4v) is 1.50. The molecule has 0 fully saturated rings. The van der Waals surface area contributed by atoms with Gasteiger partial charge < -0.3 is 5.11 Å². The smallest absolute Gasteiger partial charge is 0.303 e. The summed E-state index contributed by atoms with van der Waals surface area (Å²) < 4.78 is 1.58. The van der Waals surface area contributed by atoms with Gasteiger partial charge >= 0.3 is 5.97 Å². The first-order valence-electron chi connectivity index (χ1n) is 5.17. The normalized spacial score (nSPS) is 10.6. The number of aryl methyl sites for hydroxylation is 2. The van der Waals surface area contributed by atoms with Crippen molar-refractivity contribution in [2.75, 3.05) is 0 Å². The molecule has 8 nitrogen and oxygen atoms in total. The Labute approximate surface area is 96.6 Å². The standard InChI is InChI=1S/C9H12N6O2/c1-6-7(5-10-11-6)9-12-13-14-15(9)4-2-3-8(16)17/h5H,2-4H2,1H3,(H,10,11)(H,16,17). The first-order valence-corrected chi connectivity index (χ1v) is 5.17. The Kier molecular flexibility index (Phi) is 3.12. The number of carbonyl (C=O) groups is 1. The molecule has 0 amide bonds. The van der Waals surface area contributed by atoms with E-state index in [0.29, 0.717) is 18.8 Å². The number of rotatable bonds is 5. The number of carboxylic acids is 1. The Balaban J connectivity index is 2.12. The van der Waals surface area contributed by atoms with E-state index in [1.165, 1.54) is 0 Å². The van der Waals surface area contributed by atoms with Gasteiger partial charge in [0.1, 0.15) is 0 Å². The van der Waals surface area contributed by atoms with Crippen LogP contribution in [-0.2, 0) is 11.3 Å². The number of tetrazole rings is 1. The van der Waals surface area contributed by atoms with Crippen molar-refractivity contribution in [2.24, 2.45) is 0 Å². The van der Waals surface area contributed by atoms with E-state index in [9.17, 15) is 4.79 Å². The minimum Gasteiger partial charge on any atom is -0.481 e. The second-order valence-electron chi connectivity index (χ2n) is 3.63. The fourth-order valence-electron chi connectivity index (χ4n) is 1.50. The van der Waals surface area contributed by atoms with Crippen LogP contribution < -0.4 is 0 Å². The summed E-state index contributed by atoms with van der Waals surface area (Å²) in [7, 11) is 0. The summed E-state index contributed by atoms with van der Waals surface area (Å²) in [5.41, 5.74) is 1.70. The van der Waals surface area contributed by atoms with Gasteiger partial charge in [-0.3, -0.25) is 9.89 Å². The summed E-state index contributed by atoms with van der Waals surface area (Å²) >= 11 is 0. The van der Waals surface area contributed by atoms with Crippen LogP contribution in [0.3, 0.4) is 0 Å². The molecule has 8 heteroatoms. The summed E-state index contributed by atoms with van der Waals surface area (Å²) in [4.78, 5) is 10.4. The predicted molar refractivity (Wildman–Crippen MR) is 57.0 cm³/mol. The van der Waals surface area contributed by atoms with E-state index in [-0.39, 0.29) is 6.42 Å². The number of aromatic nitrogens is 6. The predicted octanol–water partition coefficient (Wildman–Crippen LogP) is 0.236. The number of aromatic amines is 1. The number of carboxylic acid groups (broad SMARTS) is 1. The summed E-state index contributed by atoms with van der Waals surface area (Å²) in [5, 5.41) is 26.6. The van der Waals surface area contributed by atoms with E-state index in [1.807, 2.05) is 6.92 Å². The van der Waals surface area contributed by atoms with Crippen LogP contribution in [0.4, 0.5) is 0 Å². The maximum atomic E-state index is 10.4. The molecule has 0 saturated heterocycles. The van der Waals surface area contributed by atoms with Gasteiger partial charge in [0, 0.05) is 18.7 Å². The first kappa shape index (κ1) is 11.2. The Morgan fingerprint density at radius 2 is 2.41 bits per heavy atom. The van der Waals surface area contributed by atoms with Crippen molar-refractivity contribution in [1.29, 1.82) is 0 Å². The van der Waals surface area contributed by atoms with Crippen LogP contribution >= 0.6 is 0 Å². The van der Waals surface area contributed by atoms with Gasteiger partial charge in [0.2, 0.25) is 0 Å². The minimum atomic E-state index is -0.820. The molecule has 2 heterocycles. The molecule has 0 atom stereocenters. The van der Waals surface area contributed by atoms with Crippen molar-refractivity contribution < 1.29 is 9.90 Å². The van der Waals surface area contributed by atoms with E-state index in [1.54, 1.807) is 10.9 Å². The van der Waals surface area contributed by atoms with E-state index < -0.39 is 5.97 Å². The maximum Gasteiger partial charge on any atom is 0.303 e. The highest BCUT2D eigenvalue weighted by molar-refractivity contribution is 5.66. The lowest BCUT2D eigenvalue weighted by molar-refractivity contribution is -0.137. The Bertz CT molecular complexity index is 517. The zero-order valence-electron chi connectivity index (χ0n) is 9.29. The van der Waals surface area contributed by atoms with Crippen LogP contribution in [0.15, 0.2) is 6.20 Å². The average Bonchev–Trinajstić information content (AvgIpc) is 2.86. The third-order valence-corrected chi connectivity index (χ3v) is 2.36. The number of hydrogen-bond acceptors (Lipinski definition) is 5. The van der Waals surface area contributed by atoms with Gasteiger partial charge in [0.15, 0.2) is 5.82 Å². The molecule has 0 bridgehead atoms. The van der Waals surface area contributed by atoms with Crippen LogP contribution in [0.1, 0.15) is 18.5 Å². The lowest BCUT2D eigenvalue weighted by Crippen LogP contribution is -2.05. The molecule has 0 aliphatic heterocycles. The molecular formula is C9H12N6O2. The fraction of sp³-hybridized carbons (Fsp3) is 0.444. The van der Waals surface area contributed by atoms with Crippen LogP contribution in [0.2, 0.25) is 0 Å². The molecule has 17 heavy (non-hydrogen) atoms. The van der Waals surface area contributed by atoms with Crippen LogP contribution in [0, 0.1) is 6.92 Å². The van der Waals surface area contributed by atoms with Gasteiger partial charge in [-0.1, -0.05) is 0 Å². The van der Waals surface area contributed by atoms with Gasteiger partial charge in [0.25, 0.3) is 0 Å². The van der Waals surface area contributed by atoms with E-state index >= 15 is 0 Å². The molecular weight excluding hydrogens is 224 g/mol. The highest BCUT2D eigenvalue weighted by atomic mass is 16.4. The lowest BCUT2D eigenvalue weighted by Gasteiger charge is -2.02. The second-order valence-corrected chi connectivity index (χ2v) is 3.63. The Morgan fingerprint density at radius 3 is 3.06 bits per heavy atom. The van der Waals surface area contributed by atoms with Gasteiger partial charge in [-0.15, -0.1) is 5.10 Å². The quantitative estimate of drug-likeness (QED) is 0.769. The van der Waals surface area contributed by atoms with Crippen LogP contribution in [0.5, 0.6) is 0 Å². The van der Waals surface area contributed by atoms with Crippen LogP contribution in [-0.4, -0.2) is 41.5 Å². The third-order valence-electron chi connectivity index (χ3n) is 2.36. The Morgan fingerprint density at radius 1 is 1.59 bits per heavy atom. The topological polar surface area (TPSA) is 110 Å². The van der Waals surface area contributed by atoms with E-state index in [0.717, 1.165) is 11.3 Å². The van der Waals surface area contributed by atoms with Crippen molar-refractivity contribution in [3.05, 3.63) is 11.9 Å². The molecule has 0 aromatic carbocycles. The van der Waals surface area contributed by atoms with E-state index in [2.05, 4.69) is 25.7 Å². The van der Waals surface area contributed by atoms with Crippen molar-refractivity contribution in [2.45, 2.75) is 26.3 Å². The minimum absolute atomic E-state index is 0.101. The molecule has 2 aromatic heterocycles. The van der Waals surface area contributed by atoms with Crippen molar-refractivity contribution in [3.8, 4) is 11.4 Å². The zero-order valence-corrected chi connectivity index (χ0v) is 9.29. The number of H-pyrrole nitrogens is 1. The molecule has 0 radical (unpaired) electrons. The molecule has 90 valence electrons. The monoisotopic (exact) mass is 236 g/mol. The van der Waals surface area contributed by atoms with Crippen molar-refractivity contribution in [3.63, 3.8) is 0 Å². The van der Waals surface area contributed by atoms with Gasteiger partial charge in [0.05, 0.1) is 11.8 Å². The summed E-state index contributed by atoms with van der Waals surface area (Å²) in [6.45, 7) is 2.35. The average molecular weight is 236 g/mol. The molecule has 2 N–H and O–H groups in total. The lowest BCUT2D eigenvalue weighted by atomic mass is 10.2. The molecule has 0 saturated carbocycles. The zero-order chi connectivity index (χ0) is 12.3. The van der Waals surface area contributed by atoms with Crippen molar-refractivity contribution >= 4 is 5.97 Å². The number of nitrogens with zero attached hydrogens (tertiary/aromatic N) is 5. The molecule has 0 spiro atoms. The van der Waals surface area contributed by atoms with Crippen LogP contribution in [0.25, 0.3) is 11.4 Å². The number of hydrogen-bond donors (Lipinski definition) is 2. The van der Waals surface area contributed by atoms with Gasteiger partial charge in [-0.25, -0.2) is 4.68 Å². The SMILES string of the molecule is Cc1[nH]ncc1-c1nnnn1CCCC(=O)O. The van der Waals surface area contributed by atoms with E-state index in [4.69, 9.17) is 5.11 Å². The molecule has 0 aliphatic carbocycles.